The third kappa shape index (κ3) is 3.08. The van der Waals surface area contributed by atoms with E-state index in [1.807, 2.05) is 4.57 Å². The van der Waals surface area contributed by atoms with Crippen molar-refractivity contribution in [2.24, 2.45) is 0 Å². The lowest BCUT2D eigenvalue weighted by Crippen LogP contribution is -2.08. The fourth-order valence-corrected chi connectivity index (χ4v) is 2.20. The Labute approximate surface area is 122 Å². The molecule has 0 spiro atoms. The summed E-state index contributed by atoms with van der Waals surface area (Å²) in [5.74, 6) is 0.965. The van der Waals surface area contributed by atoms with E-state index < -0.39 is 5.97 Å². The third-order valence-corrected chi connectivity index (χ3v) is 3.16. The van der Waals surface area contributed by atoms with Crippen LogP contribution in [-0.2, 0) is 22.7 Å². The lowest BCUT2D eigenvalue weighted by Gasteiger charge is -2.10. The van der Waals surface area contributed by atoms with E-state index in [0.29, 0.717) is 36.0 Å². The minimum absolute atomic E-state index is 0.0104. The summed E-state index contributed by atoms with van der Waals surface area (Å²) in [7, 11) is 4.68. The van der Waals surface area contributed by atoms with E-state index >= 15 is 0 Å². The van der Waals surface area contributed by atoms with Gasteiger partial charge in [0.1, 0.15) is 12.4 Å². The van der Waals surface area contributed by atoms with Gasteiger partial charge in [0, 0.05) is 25.8 Å². The number of carboxylic acid groups (broad SMARTS) is 1. The molecule has 7 heteroatoms. The summed E-state index contributed by atoms with van der Waals surface area (Å²) >= 11 is 0. The Bertz CT molecular complexity index is 650. The molecular weight excluding hydrogens is 276 g/mol. The maximum Gasteiger partial charge on any atom is 0.305 e. The Balaban J connectivity index is 2.55. The van der Waals surface area contributed by atoms with Crippen molar-refractivity contribution in [1.29, 1.82) is 0 Å². The summed E-state index contributed by atoms with van der Waals surface area (Å²) in [4.78, 5) is 15.3. The molecule has 0 bridgehead atoms. The summed E-state index contributed by atoms with van der Waals surface area (Å²) in [5.41, 5.74) is 1.51. The Morgan fingerprint density at radius 2 is 1.90 bits per heavy atom. The zero-order chi connectivity index (χ0) is 15.4. The van der Waals surface area contributed by atoms with Gasteiger partial charge in [0.25, 0.3) is 0 Å². The molecule has 0 fully saturated rings. The molecule has 21 heavy (non-hydrogen) atoms. The van der Waals surface area contributed by atoms with Crippen LogP contribution in [0.15, 0.2) is 12.1 Å². The van der Waals surface area contributed by atoms with Crippen LogP contribution in [0.4, 0.5) is 0 Å². The van der Waals surface area contributed by atoms with Gasteiger partial charge in [-0.2, -0.15) is 0 Å². The molecule has 0 amide bonds. The fraction of sp³-hybridized carbons (Fsp3) is 0.429. The van der Waals surface area contributed by atoms with Gasteiger partial charge in [-0.1, -0.05) is 0 Å². The van der Waals surface area contributed by atoms with Crippen molar-refractivity contribution in [2.45, 2.75) is 19.6 Å². The molecule has 1 aromatic heterocycles. The summed E-state index contributed by atoms with van der Waals surface area (Å²) in [5, 5.41) is 8.88. The Kier molecular flexibility index (Phi) is 4.64. The van der Waals surface area contributed by atoms with Crippen LogP contribution in [0.2, 0.25) is 0 Å². The Morgan fingerprint density at radius 1 is 1.24 bits per heavy atom. The molecule has 0 unspecified atom stereocenters. The number of aliphatic carboxylic acids is 1. The van der Waals surface area contributed by atoms with Gasteiger partial charge in [-0.3, -0.25) is 4.79 Å². The highest BCUT2D eigenvalue weighted by Crippen LogP contribution is 2.32. The summed E-state index contributed by atoms with van der Waals surface area (Å²) in [6, 6.07) is 3.56. The van der Waals surface area contributed by atoms with Crippen molar-refractivity contribution in [3.63, 3.8) is 0 Å². The molecule has 0 radical (unpaired) electrons. The standard InChI is InChI=1S/C14H18N2O5/c1-19-8-13-15-9-6-11(20-2)12(21-3)7-10(9)16(13)5-4-14(17)18/h6-7H,4-5,8H2,1-3H3,(H,17,18). The van der Waals surface area contributed by atoms with Crippen molar-refractivity contribution < 1.29 is 24.1 Å². The number of imidazole rings is 1. The molecule has 7 nitrogen and oxygen atoms in total. The first-order valence-corrected chi connectivity index (χ1v) is 6.42. The lowest BCUT2D eigenvalue weighted by molar-refractivity contribution is -0.137. The lowest BCUT2D eigenvalue weighted by atomic mass is 10.2. The molecular formula is C14H18N2O5. The first-order valence-electron chi connectivity index (χ1n) is 6.42. The molecule has 2 aromatic rings. The van der Waals surface area contributed by atoms with E-state index in [9.17, 15) is 4.79 Å². The van der Waals surface area contributed by atoms with Gasteiger partial charge in [-0.15, -0.1) is 0 Å². The molecule has 1 N–H and O–H groups in total. The second-order valence-electron chi connectivity index (χ2n) is 4.45. The number of benzene rings is 1. The second kappa shape index (κ2) is 6.45. The molecule has 114 valence electrons. The molecule has 0 aliphatic carbocycles. The minimum atomic E-state index is -0.860. The van der Waals surface area contributed by atoms with Gasteiger partial charge in [0.2, 0.25) is 0 Å². The number of carbonyl (C=O) groups is 1. The van der Waals surface area contributed by atoms with Crippen LogP contribution < -0.4 is 9.47 Å². The zero-order valence-electron chi connectivity index (χ0n) is 12.3. The topological polar surface area (TPSA) is 82.8 Å². The van der Waals surface area contributed by atoms with E-state index in [2.05, 4.69) is 4.98 Å². The van der Waals surface area contributed by atoms with Gasteiger partial charge >= 0.3 is 5.97 Å². The van der Waals surface area contributed by atoms with Gasteiger partial charge < -0.3 is 23.9 Å². The second-order valence-corrected chi connectivity index (χ2v) is 4.45. The van der Waals surface area contributed by atoms with Crippen LogP contribution in [0.25, 0.3) is 11.0 Å². The normalized spacial score (nSPS) is 10.8. The monoisotopic (exact) mass is 294 g/mol. The van der Waals surface area contributed by atoms with Crippen molar-refractivity contribution >= 4 is 17.0 Å². The molecule has 0 aliphatic rings. The summed E-state index contributed by atoms with van der Waals surface area (Å²) < 4.78 is 17.5. The summed E-state index contributed by atoms with van der Waals surface area (Å²) in [6.45, 7) is 0.624. The van der Waals surface area contributed by atoms with Crippen LogP contribution in [0.1, 0.15) is 12.2 Å². The largest absolute Gasteiger partial charge is 0.493 e. The van der Waals surface area contributed by atoms with E-state index in [0.717, 1.165) is 5.52 Å². The molecule has 2 rings (SSSR count). The molecule has 0 saturated carbocycles. The first kappa shape index (κ1) is 15.1. The average Bonchev–Trinajstić information content (AvgIpc) is 2.80. The number of aromatic nitrogens is 2. The van der Waals surface area contributed by atoms with E-state index in [-0.39, 0.29) is 6.42 Å². The molecule has 0 aliphatic heterocycles. The first-order chi connectivity index (χ1) is 10.1. The molecule has 0 atom stereocenters. The SMILES string of the molecule is COCc1nc2cc(OC)c(OC)cc2n1CCC(=O)O. The average molecular weight is 294 g/mol. The van der Waals surface area contributed by atoms with Crippen molar-refractivity contribution in [2.75, 3.05) is 21.3 Å². The Hall–Kier alpha value is -2.28. The van der Waals surface area contributed by atoms with Gasteiger partial charge in [-0.25, -0.2) is 4.98 Å². The maximum atomic E-state index is 10.8. The van der Waals surface area contributed by atoms with E-state index in [1.165, 1.54) is 0 Å². The maximum absolute atomic E-state index is 10.8. The van der Waals surface area contributed by atoms with Crippen molar-refractivity contribution in [3.8, 4) is 11.5 Å². The van der Waals surface area contributed by atoms with Crippen molar-refractivity contribution in [1.82, 2.24) is 9.55 Å². The van der Waals surface area contributed by atoms with E-state index in [4.69, 9.17) is 19.3 Å². The van der Waals surface area contributed by atoms with Gasteiger partial charge in [0.05, 0.1) is 31.7 Å². The number of aryl methyl sites for hydroxylation is 1. The Morgan fingerprint density at radius 3 is 2.48 bits per heavy atom. The highest BCUT2D eigenvalue weighted by Gasteiger charge is 2.15. The van der Waals surface area contributed by atoms with Crippen LogP contribution in [0, 0.1) is 0 Å². The number of methoxy groups -OCH3 is 3. The van der Waals surface area contributed by atoms with Gasteiger partial charge in [0.15, 0.2) is 11.5 Å². The van der Waals surface area contributed by atoms with Crippen molar-refractivity contribution in [3.05, 3.63) is 18.0 Å². The minimum Gasteiger partial charge on any atom is -0.493 e. The number of rotatable bonds is 7. The van der Waals surface area contributed by atoms with Crippen LogP contribution in [-0.4, -0.2) is 42.0 Å². The number of carboxylic acids is 1. The predicted molar refractivity (Wildman–Crippen MR) is 75.8 cm³/mol. The van der Waals surface area contributed by atoms with Crippen LogP contribution >= 0.6 is 0 Å². The number of fused-ring (bicyclic) bond motifs is 1. The fourth-order valence-electron chi connectivity index (χ4n) is 2.20. The zero-order valence-corrected chi connectivity index (χ0v) is 12.3. The molecule has 1 aromatic carbocycles. The van der Waals surface area contributed by atoms with Crippen LogP contribution in [0.5, 0.6) is 11.5 Å². The summed E-state index contributed by atoms with van der Waals surface area (Å²) in [6.07, 6.45) is 0.0104. The van der Waals surface area contributed by atoms with Gasteiger partial charge in [-0.05, 0) is 0 Å². The molecule has 1 heterocycles. The number of ether oxygens (including phenoxy) is 3. The smallest absolute Gasteiger partial charge is 0.305 e. The highest BCUT2D eigenvalue weighted by molar-refractivity contribution is 5.81. The number of hydrogen-bond donors (Lipinski definition) is 1. The van der Waals surface area contributed by atoms with Crippen LogP contribution in [0.3, 0.4) is 0 Å². The molecule has 0 saturated heterocycles. The number of hydrogen-bond acceptors (Lipinski definition) is 5. The predicted octanol–water partition coefficient (Wildman–Crippen LogP) is 1.67. The highest BCUT2D eigenvalue weighted by atomic mass is 16.5. The quantitative estimate of drug-likeness (QED) is 0.836. The number of nitrogens with zero attached hydrogens (tertiary/aromatic N) is 2. The van der Waals surface area contributed by atoms with E-state index in [1.54, 1.807) is 33.5 Å². The third-order valence-electron chi connectivity index (χ3n) is 3.16.